The van der Waals surface area contributed by atoms with Crippen molar-refractivity contribution in [3.63, 3.8) is 0 Å². The Labute approximate surface area is 111 Å². The van der Waals surface area contributed by atoms with Crippen LogP contribution in [0.2, 0.25) is 0 Å². The molecule has 0 aliphatic rings. The number of carbonyl (C=O) groups excluding carboxylic acids is 1. The number of H-pyrrole nitrogens is 1. The lowest BCUT2D eigenvalue weighted by atomic mass is 10.3. The van der Waals surface area contributed by atoms with E-state index in [2.05, 4.69) is 20.5 Å². The molecule has 2 rings (SSSR count). The third kappa shape index (κ3) is 3.09. The Morgan fingerprint density at radius 2 is 2.16 bits per heavy atom. The van der Waals surface area contributed by atoms with E-state index < -0.39 is 0 Å². The maximum absolute atomic E-state index is 12.0. The van der Waals surface area contributed by atoms with Gasteiger partial charge >= 0.3 is 0 Å². The number of aryl methyl sites for hydroxylation is 1. The fourth-order valence-corrected chi connectivity index (χ4v) is 1.58. The van der Waals surface area contributed by atoms with Crippen molar-refractivity contribution < 1.29 is 9.53 Å². The summed E-state index contributed by atoms with van der Waals surface area (Å²) in [6, 6.07) is 7.25. The molecular formula is C13H16N4O2. The summed E-state index contributed by atoms with van der Waals surface area (Å²) in [4.78, 5) is 16.1. The number of carbonyl (C=O) groups is 1. The highest BCUT2D eigenvalue weighted by atomic mass is 16.5. The van der Waals surface area contributed by atoms with Crippen LogP contribution in [-0.4, -0.2) is 27.7 Å². The third-order valence-corrected chi connectivity index (χ3v) is 2.50. The standard InChI is InChI=1S/C13H16N4O2/c1-3-11-15-12(17-16-11)13(18)14-9-7-5-6-8-10(9)19-4-2/h5-8H,3-4H2,1-2H3,(H,14,18)(H,15,16,17). The van der Waals surface area contributed by atoms with Crippen molar-refractivity contribution in [2.45, 2.75) is 20.3 Å². The molecule has 1 aromatic heterocycles. The van der Waals surface area contributed by atoms with Crippen LogP contribution in [0.25, 0.3) is 0 Å². The van der Waals surface area contributed by atoms with Crippen LogP contribution < -0.4 is 10.1 Å². The highest BCUT2D eigenvalue weighted by Gasteiger charge is 2.14. The molecule has 0 aliphatic carbocycles. The van der Waals surface area contributed by atoms with Gasteiger partial charge in [-0.2, -0.15) is 0 Å². The van der Waals surface area contributed by atoms with E-state index in [9.17, 15) is 4.79 Å². The quantitative estimate of drug-likeness (QED) is 0.861. The van der Waals surface area contributed by atoms with Gasteiger partial charge in [-0.3, -0.25) is 9.89 Å². The average Bonchev–Trinajstić information content (AvgIpc) is 2.90. The summed E-state index contributed by atoms with van der Waals surface area (Å²) in [5.74, 6) is 1.08. The average molecular weight is 260 g/mol. The molecule has 0 saturated heterocycles. The SMILES string of the molecule is CCOc1ccccc1NC(=O)c1n[nH]c(CC)n1. The summed E-state index contributed by atoms with van der Waals surface area (Å²) in [5, 5.41) is 9.32. The van der Waals surface area contributed by atoms with Crippen molar-refractivity contribution in [2.24, 2.45) is 0 Å². The minimum Gasteiger partial charge on any atom is -0.492 e. The van der Waals surface area contributed by atoms with Gasteiger partial charge in [0.25, 0.3) is 5.91 Å². The maximum Gasteiger partial charge on any atom is 0.295 e. The molecule has 1 aromatic carbocycles. The minimum atomic E-state index is -0.358. The van der Waals surface area contributed by atoms with E-state index in [4.69, 9.17) is 4.74 Å². The fraction of sp³-hybridized carbons (Fsp3) is 0.308. The van der Waals surface area contributed by atoms with Crippen molar-refractivity contribution in [1.82, 2.24) is 15.2 Å². The molecule has 2 aromatic rings. The van der Waals surface area contributed by atoms with Gasteiger partial charge in [-0.15, -0.1) is 5.10 Å². The summed E-state index contributed by atoms with van der Waals surface area (Å²) in [6.07, 6.45) is 0.704. The van der Waals surface area contributed by atoms with Crippen LogP contribution in [0.1, 0.15) is 30.3 Å². The Morgan fingerprint density at radius 3 is 2.84 bits per heavy atom. The summed E-state index contributed by atoms with van der Waals surface area (Å²) in [5.41, 5.74) is 0.609. The van der Waals surface area contributed by atoms with Gasteiger partial charge in [-0.1, -0.05) is 19.1 Å². The molecule has 2 N–H and O–H groups in total. The van der Waals surface area contributed by atoms with E-state index in [1.807, 2.05) is 26.0 Å². The molecule has 1 heterocycles. The molecule has 0 aliphatic heterocycles. The second-order valence-electron chi connectivity index (χ2n) is 3.84. The van der Waals surface area contributed by atoms with Gasteiger partial charge in [-0.25, -0.2) is 4.98 Å². The molecular weight excluding hydrogens is 244 g/mol. The highest BCUT2D eigenvalue weighted by molar-refractivity contribution is 6.02. The Bertz CT molecular complexity index is 565. The first-order valence-corrected chi connectivity index (χ1v) is 6.19. The first kappa shape index (κ1) is 13.1. The Morgan fingerprint density at radius 1 is 1.37 bits per heavy atom. The third-order valence-electron chi connectivity index (χ3n) is 2.50. The van der Waals surface area contributed by atoms with Crippen molar-refractivity contribution in [2.75, 3.05) is 11.9 Å². The van der Waals surface area contributed by atoms with E-state index in [0.29, 0.717) is 30.3 Å². The zero-order valence-electron chi connectivity index (χ0n) is 10.9. The number of rotatable bonds is 5. The van der Waals surface area contributed by atoms with E-state index >= 15 is 0 Å². The van der Waals surface area contributed by atoms with E-state index in [-0.39, 0.29) is 11.7 Å². The van der Waals surface area contributed by atoms with Crippen molar-refractivity contribution >= 4 is 11.6 Å². The second kappa shape index (κ2) is 5.99. The number of hydrogen-bond donors (Lipinski definition) is 2. The van der Waals surface area contributed by atoms with Gasteiger partial charge in [0, 0.05) is 6.42 Å². The first-order valence-electron chi connectivity index (χ1n) is 6.19. The zero-order chi connectivity index (χ0) is 13.7. The van der Waals surface area contributed by atoms with Gasteiger partial charge < -0.3 is 10.1 Å². The van der Waals surface area contributed by atoms with Crippen LogP contribution in [0.3, 0.4) is 0 Å². The summed E-state index contributed by atoms with van der Waals surface area (Å²) in [6.45, 7) is 4.36. The monoisotopic (exact) mass is 260 g/mol. The normalized spacial score (nSPS) is 10.2. The van der Waals surface area contributed by atoms with Crippen LogP contribution in [0.15, 0.2) is 24.3 Å². The highest BCUT2D eigenvalue weighted by Crippen LogP contribution is 2.23. The topological polar surface area (TPSA) is 79.9 Å². The number of aromatic amines is 1. The van der Waals surface area contributed by atoms with Crippen LogP contribution in [0.4, 0.5) is 5.69 Å². The first-order chi connectivity index (χ1) is 9.24. The molecule has 6 heteroatoms. The summed E-state index contributed by atoms with van der Waals surface area (Å²) >= 11 is 0. The van der Waals surface area contributed by atoms with Gasteiger partial charge in [-0.05, 0) is 19.1 Å². The molecule has 0 atom stereocenters. The van der Waals surface area contributed by atoms with Gasteiger partial charge in [0.2, 0.25) is 5.82 Å². The molecule has 100 valence electrons. The number of hydrogen-bond acceptors (Lipinski definition) is 4. The maximum atomic E-state index is 12.0. The number of nitrogens with one attached hydrogen (secondary N) is 2. The van der Waals surface area contributed by atoms with Crippen molar-refractivity contribution in [3.8, 4) is 5.75 Å². The molecule has 0 spiro atoms. The largest absolute Gasteiger partial charge is 0.492 e. The van der Waals surface area contributed by atoms with Crippen molar-refractivity contribution in [3.05, 3.63) is 35.9 Å². The number of aromatic nitrogens is 3. The lowest BCUT2D eigenvalue weighted by Crippen LogP contribution is -2.14. The lowest BCUT2D eigenvalue weighted by molar-refractivity contribution is 0.101. The lowest BCUT2D eigenvalue weighted by Gasteiger charge is -2.09. The van der Waals surface area contributed by atoms with Gasteiger partial charge in [0.1, 0.15) is 11.6 Å². The van der Waals surface area contributed by atoms with E-state index in [0.717, 1.165) is 0 Å². The summed E-state index contributed by atoms with van der Waals surface area (Å²) < 4.78 is 5.44. The van der Waals surface area contributed by atoms with Crippen LogP contribution in [0, 0.1) is 0 Å². The number of para-hydroxylation sites is 2. The van der Waals surface area contributed by atoms with Crippen LogP contribution in [0.5, 0.6) is 5.75 Å². The Hall–Kier alpha value is -2.37. The Kier molecular flexibility index (Phi) is 4.12. The molecule has 0 radical (unpaired) electrons. The predicted molar refractivity (Wildman–Crippen MR) is 71.3 cm³/mol. The van der Waals surface area contributed by atoms with Gasteiger partial charge in [0.15, 0.2) is 0 Å². The molecule has 6 nitrogen and oxygen atoms in total. The molecule has 0 unspecified atom stereocenters. The number of benzene rings is 1. The zero-order valence-corrected chi connectivity index (χ0v) is 10.9. The second-order valence-corrected chi connectivity index (χ2v) is 3.84. The molecule has 19 heavy (non-hydrogen) atoms. The number of nitrogens with zero attached hydrogens (tertiary/aromatic N) is 2. The minimum absolute atomic E-state index is 0.128. The van der Waals surface area contributed by atoms with E-state index in [1.54, 1.807) is 12.1 Å². The molecule has 0 saturated carbocycles. The Balaban J connectivity index is 2.14. The number of anilines is 1. The fourth-order valence-electron chi connectivity index (χ4n) is 1.58. The van der Waals surface area contributed by atoms with Crippen molar-refractivity contribution in [1.29, 1.82) is 0 Å². The van der Waals surface area contributed by atoms with E-state index in [1.165, 1.54) is 0 Å². The van der Waals surface area contributed by atoms with Crippen LogP contribution >= 0.6 is 0 Å². The number of ether oxygens (including phenoxy) is 1. The predicted octanol–water partition coefficient (Wildman–Crippen LogP) is 2.02. The van der Waals surface area contributed by atoms with Crippen LogP contribution in [-0.2, 0) is 6.42 Å². The van der Waals surface area contributed by atoms with Gasteiger partial charge in [0.05, 0.1) is 12.3 Å². The molecule has 0 fully saturated rings. The molecule has 0 bridgehead atoms. The number of amides is 1. The summed E-state index contributed by atoms with van der Waals surface area (Å²) in [7, 11) is 0. The smallest absolute Gasteiger partial charge is 0.295 e. The molecule has 1 amide bonds.